The highest BCUT2D eigenvalue weighted by Gasteiger charge is 2.34. The molecule has 0 aliphatic rings. The minimum atomic E-state index is -1.54. The van der Waals surface area contributed by atoms with Gasteiger partial charge in [-0.3, -0.25) is 28.8 Å². The molecule has 4 atom stereocenters. The van der Waals surface area contributed by atoms with Crippen molar-refractivity contribution in [2.45, 2.75) is 84.2 Å². The predicted molar refractivity (Wildman–Crippen MR) is 163 cm³/mol. The van der Waals surface area contributed by atoms with Crippen LogP contribution in [0.3, 0.4) is 0 Å². The molecule has 0 fully saturated rings. The van der Waals surface area contributed by atoms with Crippen LogP contribution < -0.4 is 21.3 Å². The monoisotopic (exact) mass is 652 g/mol. The Balaban J connectivity index is 3.13. The average Bonchev–Trinajstić information content (AvgIpc) is 3.02. The fraction of sp³-hybridized carbons (Fsp3) is 0.581. The lowest BCUT2D eigenvalue weighted by atomic mass is 10.00. The zero-order chi connectivity index (χ0) is 34.8. The molecule has 0 aliphatic carbocycles. The summed E-state index contributed by atoms with van der Waals surface area (Å²) in [5, 5.41) is 9.83. The molecule has 4 N–H and O–H groups in total. The molecule has 0 aromatic heterocycles. The van der Waals surface area contributed by atoms with Gasteiger partial charge >= 0.3 is 18.0 Å². The average molecular weight is 653 g/mol. The number of hydrogen-bond acceptors (Lipinski definition) is 10. The van der Waals surface area contributed by atoms with E-state index in [1.807, 2.05) is 19.9 Å². The first kappa shape index (κ1) is 39.5. The Hall–Kier alpha value is -4.56. The molecule has 46 heavy (non-hydrogen) atoms. The van der Waals surface area contributed by atoms with E-state index in [1.165, 1.54) is 0 Å². The number of carbonyl (C=O) groups is 7. The van der Waals surface area contributed by atoms with E-state index < -0.39 is 84.7 Å². The number of ether oxygens (including phenoxy) is 3. The molecule has 1 aromatic carbocycles. The van der Waals surface area contributed by atoms with Crippen LogP contribution in [0.1, 0.15) is 58.9 Å². The SMILES string of the molecule is COC(=O)CCC(NC(=O)C(CC(C)C)NC(=O)OCc1ccccc1)C(=O)NC(C(=O)NC(CC(=O)OC)C(=O)CF)C(C)C. The van der Waals surface area contributed by atoms with Crippen molar-refractivity contribution in [3.8, 4) is 0 Å². The standard InChI is InChI=1S/C31H45FN4O10/c1-18(2)14-23(35-31(43)46-17-20-10-8-7-9-11-20)29(41)33-21(12-13-25(38)44-5)28(40)36-27(19(3)4)30(42)34-22(24(37)16-32)15-26(39)45-6/h7-11,18-19,21-23,27H,12-17H2,1-6H3,(H,33,41)(H,34,42)(H,35,43)(H,36,40). The van der Waals surface area contributed by atoms with Crippen LogP contribution in [-0.4, -0.2) is 86.6 Å². The van der Waals surface area contributed by atoms with Gasteiger partial charge in [-0.25, -0.2) is 9.18 Å². The van der Waals surface area contributed by atoms with Crippen molar-refractivity contribution in [1.29, 1.82) is 0 Å². The highest BCUT2D eigenvalue weighted by atomic mass is 19.1. The summed E-state index contributed by atoms with van der Waals surface area (Å²) >= 11 is 0. The number of methoxy groups -OCH3 is 2. The minimum absolute atomic E-state index is 0.0388. The normalized spacial score (nSPS) is 13.4. The first-order valence-electron chi connectivity index (χ1n) is 14.8. The molecule has 1 aromatic rings. The highest BCUT2D eigenvalue weighted by Crippen LogP contribution is 2.11. The molecular formula is C31H45FN4O10. The van der Waals surface area contributed by atoms with Gasteiger partial charge in [0.25, 0.3) is 0 Å². The van der Waals surface area contributed by atoms with Gasteiger partial charge in [-0.1, -0.05) is 58.0 Å². The number of benzene rings is 1. The van der Waals surface area contributed by atoms with Gasteiger partial charge in [0.2, 0.25) is 17.7 Å². The lowest BCUT2D eigenvalue weighted by Gasteiger charge is -2.28. The fourth-order valence-electron chi connectivity index (χ4n) is 4.15. The molecule has 0 radical (unpaired) electrons. The highest BCUT2D eigenvalue weighted by molar-refractivity contribution is 5.97. The van der Waals surface area contributed by atoms with E-state index in [0.717, 1.165) is 19.8 Å². The van der Waals surface area contributed by atoms with Crippen molar-refractivity contribution in [2.75, 3.05) is 20.9 Å². The quantitative estimate of drug-likeness (QED) is 0.126. The van der Waals surface area contributed by atoms with E-state index in [2.05, 4.69) is 30.7 Å². The van der Waals surface area contributed by atoms with Crippen molar-refractivity contribution in [3.05, 3.63) is 35.9 Å². The zero-order valence-corrected chi connectivity index (χ0v) is 27.1. The maximum absolute atomic E-state index is 13.5. The number of rotatable bonds is 19. The van der Waals surface area contributed by atoms with Crippen molar-refractivity contribution in [2.24, 2.45) is 11.8 Å². The van der Waals surface area contributed by atoms with E-state index in [1.54, 1.807) is 38.1 Å². The Bertz CT molecular complexity index is 1200. The smallest absolute Gasteiger partial charge is 0.408 e. The van der Waals surface area contributed by atoms with Crippen LogP contribution in [0.4, 0.5) is 9.18 Å². The summed E-state index contributed by atoms with van der Waals surface area (Å²) in [6, 6.07) is 3.58. The maximum atomic E-state index is 13.5. The summed E-state index contributed by atoms with van der Waals surface area (Å²) in [5.41, 5.74) is 0.733. The lowest BCUT2D eigenvalue weighted by molar-refractivity contribution is -0.144. The number of halogens is 1. The number of nitrogens with one attached hydrogen (secondary N) is 4. The van der Waals surface area contributed by atoms with Crippen molar-refractivity contribution in [1.82, 2.24) is 21.3 Å². The molecule has 0 spiro atoms. The number of ketones is 1. The number of hydrogen-bond donors (Lipinski definition) is 4. The largest absolute Gasteiger partial charge is 0.469 e. The first-order chi connectivity index (χ1) is 21.7. The lowest BCUT2D eigenvalue weighted by Crippen LogP contribution is -2.59. The van der Waals surface area contributed by atoms with Gasteiger partial charge in [0.1, 0.15) is 37.4 Å². The Labute approximate surface area is 267 Å². The Morgan fingerprint density at radius 2 is 1.33 bits per heavy atom. The van der Waals surface area contributed by atoms with Gasteiger partial charge in [-0.15, -0.1) is 0 Å². The summed E-state index contributed by atoms with van der Waals surface area (Å²) in [6.45, 7) is 5.33. The summed E-state index contributed by atoms with van der Waals surface area (Å²) < 4.78 is 27.5. The second-order valence-electron chi connectivity index (χ2n) is 11.2. The van der Waals surface area contributed by atoms with Gasteiger partial charge in [-0.2, -0.15) is 0 Å². The Kier molecular flexibility index (Phi) is 17.6. The van der Waals surface area contributed by atoms with E-state index in [9.17, 15) is 38.0 Å². The summed E-state index contributed by atoms with van der Waals surface area (Å²) in [7, 11) is 2.22. The molecule has 14 nitrogen and oxygen atoms in total. The molecule has 0 saturated heterocycles. The Morgan fingerprint density at radius 1 is 0.739 bits per heavy atom. The molecule has 0 aliphatic heterocycles. The van der Waals surface area contributed by atoms with Crippen molar-refractivity contribution >= 4 is 41.5 Å². The van der Waals surface area contributed by atoms with Crippen molar-refractivity contribution in [3.63, 3.8) is 0 Å². The van der Waals surface area contributed by atoms with E-state index >= 15 is 0 Å². The predicted octanol–water partition coefficient (Wildman–Crippen LogP) is 1.49. The van der Waals surface area contributed by atoms with Gasteiger partial charge in [0.15, 0.2) is 5.78 Å². The van der Waals surface area contributed by atoms with Gasteiger partial charge in [0, 0.05) is 6.42 Å². The minimum Gasteiger partial charge on any atom is -0.469 e. The third-order valence-electron chi connectivity index (χ3n) is 6.71. The summed E-state index contributed by atoms with van der Waals surface area (Å²) in [4.78, 5) is 88.1. The molecule has 4 amide bonds. The number of Topliss-reactive ketones (excluding diaryl/α,β-unsaturated/α-hetero) is 1. The molecule has 0 bridgehead atoms. The first-order valence-corrected chi connectivity index (χ1v) is 14.8. The summed E-state index contributed by atoms with van der Waals surface area (Å²) in [6.07, 6.45) is -1.81. The maximum Gasteiger partial charge on any atom is 0.408 e. The third-order valence-corrected chi connectivity index (χ3v) is 6.71. The van der Waals surface area contributed by atoms with E-state index in [-0.39, 0.29) is 31.8 Å². The zero-order valence-electron chi connectivity index (χ0n) is 27.1. The van der Waals surface area contributed by atoms with Crippen LogP contribution in [0, 0.1) is 11.8 Å². The molecule has 15 heteroatoms. The molecule has 0 saturated carbocycles. The van der Waals surface area contributed by atoms with Crippen LogP contribution in [0.2, 0.25) is 0 Å². The fourth-order valence-corrected chi connectivity index (χ4v) is 4.15. The van der Waals surface area contributed by atoms with Crippen LogP contribution in [0.5, 0.6) is 0 Å². The van der Waals surface area contributed by atoms with Crippen LogP contribution in [0.15, 0.2) is 30.3 Å². The molecule has 256 valence electrons. The number of carbonyl (C=O) groups excluding carboxylic acids is 7. The molecule has 4 unspecified atom stereocenters. The number of esters is 2. The topological polar surface area (TPSA) is 195 Å². The van der Waals surface area contributed by atoms with Gasteiger partial charge in [-0.05, 0) is 30.2 Å². The molecule has 0 heterocycles. The second kappa shape index (κ2) is 20.5. The van der Waals surface area contributed by atoms with Crippen LogP contribution >= 0.6 is 0 Å². The molecular weight excluding hydrogens is 607 g/mol. The third kappa shape index (κ3) is 14.5. The van der Waals surface area contributed by atoms with Crippen molar-refractivity contribution < 1.29 is 52.2 Å². The van der Waals surface area contributed by atoms with Crippen LogP contribution in [0.25, 0.3) is 0 Å². The van der Waals surface area contributed by atoms with Crippen LogP contribution in [-0.2, 0) is 49.6 Å². The number of amides is 4. The summed E-state index contributed by atoms with van der Waals surface area (Å²) in [5.74, 6) is -5.73. The Morgan fingerprint density at radius 3 is 1.87 bits per heavy atom. The number of alkyl halides is 1. The van der Waals surface area contributed by atoms with Gasteiger partial charge < -0.3 is 35.5 Å². The van der Waals surface area contributed by atoms with E-state index in [4.69, 9.17) is 4.74 Å². The van der Waals surface area contributed by atoms with E-state index in [0.29, 0.717) is 0 Å². The van der Waals surface area contributed by atoms with Gasteiger partial charge in [0.05, 0.1) is 20.6 Å². The molecule has 1 rings (SSSR count). The second-order valence-corrected chi connectivity index (χ2v) is 11.2. The number of alkyl carbamates (subject to hydrolysis) is 1.